The Kier molecular flexibility index (Phi) is 3.62. The highest BCUT2D eigenvalue weighted by atomic mass is 16.4. The Hall–Kier alpha value is -1.39. The van der Waals surface area contributed by atoms with E-state index in [1.54, 1.807) is 6.92 Å². The van der Waals surface area contributed by atoms with Crippen LogP contribution in [0, 0.1) is 12.8 Å². The zero-order valence-corrected chi connectivity index (χ0v) is 8.70. The summed E-state index contributed by atoms with van der Waals surface area (Å²) in [6, 6.07) is 0. The van der Waals surface area contributed by atoms with Crippen LogP contribution in [0.15, 0.2) is 4.42 Å². The number of hydrogen-bond donors (Lipinski definition) is 1. The molecule has 0 radical (unpaired) electrons. The van der Waals surface area contributed by atoms with Crippen LogP contribution in [0.25, 0.3) is 0 Å². The number of carbonyl (C=O) groups is 1. The summed E-state index contributed by atoms with van der Waals surface area (Å²) in [6.07, 6.45) is 0.943. The van der Waals surface area contributed by atoms with E-state index in [0.717, 1.165) is 6.42 Å². The van der Waals surface area contributed by atoms with E-state index in [4.69, 9.17) is 4.42 Å². The van der Waals surface area contributed by atoms with Crippen LogP contribution < -0.4 is 5.32 Å². The average molecular weight is 197 g/mol. The Morgan fingerprint density at radius 1 is 1.50 bits per heavy atom. The molecule has 0 bridgehead atoms. The van der Waals surface area contributed by atoms with Gasteiger partial charge in [-0.25, -0.2) is 0 Å². The van der Waals surface area contributed by atoms with E-state index < -0.39 is 0 Å². The van der Waals surface area contributed by atoms with Gasteiger partial charge in [0.1, 0.15) is 0 Å². The lowest BCUT2D eigenvalue weighted by Crippen LogP contribution is -2.25. The summed E-state index contributed by atoms with van der Waals surface area (Å²) in [5, 5.41) is 9.90. The van der Waals surface area contributed by atoms with E-state index in [2.05, 4.69) is 29.4 Å². The maximum atomic E-state index is 11.3. The molecule has 0 aliphatic heterocycles. The topological polar surface area (TPSA) is 68.0 Å². The molecule has 0 aromatic carbocycles. The number of carbonyl (C=O) groups excluding carboxylic acids is 1. The molecule has 1 heterocycles. The van der Waals surface area contributed by atoms with Gasteiger partial charge >= 0.3 is 11.8 Å². The normalized spacial score (nSPS) is 10.6. The fraction of sp³-hybridized carbons (Fsp3) is 0.667. The lowest BCUT2D eigenvalue weighted by atomic mass is 10.1. The standard InChI is InChI=1S/C9H15N3O2/c1-6(2)4-5-10-8(13)9-12-11-7(3)14-9/h6H,4-5H2,1-3H3,(H,10,13). The highest BCUT2D eigenvalue weighted by Crippen LogP contribution is 1.99. The van der Waals surface area contributed by atoms with Crippen molar-refractivity contribution in [3.05, 3.63) is 11.8 Å². The van der Waals surface area contributed by atoms with E-state index in [-0.39, 0.29) is 11.8 Å². The molecule has 1 aromatic heterocycles. The third kappa shape index (κ3) is 3.16. The van der Waals surface area contributed by atoms with Gasteiger partial charge in [0.15, 0.2) is 0 Å². The van der Waals surface area contributed by atoms with Gasteiger partial charge in [-0.2, -0.15) is 0 Å². The fourth-order valence-corrected chi connectivity index (χ4v) is 0.938. The first-order valence-electron chi connectivity index (χ1n) is 4.68. The lowest BCUT2D eigenvalue weighted by Gasteiger charge is -2.04. The van der Waals surface area contributed by atoms with E-state index in [1.807, 2.05) is 0 Å². The van der Waals surface area contributed by atoms with Crippen molar-refractivity contribution in [2.75, 3.05) is 6.54 Å². The minimum atomic E-state index is -0.300. The number of rotatable bonds is 4. The first kappa shape index (κ1) is 10.7. The molecule has 0 aliphatic rings. The Morgan fingerprint density at radius 3 is 2.71 bits per heavy atom. The van der Waals surface area contributed by atoms with Gasteiger partial charge in [0.05, 0.1) is 0 Å². The van der Waals surface area contributed by atoms with Gasteiger partial charge in [-0.1, -0.05) is 13.8 Å². The van der Waals surface area contributed by atoms with E-state index in [0.29, 0.717) is 18.4 Å². The van der Waals surface area contributed by atoms with Crippen LogP contribution in [0.1, 0.15) is 36.8 Å². The second-order valence-electron chi connectivity index (χ2n) is 3.56. The molecule has 1 N–H and O–H groups in total. The minimum Gasteiger partial charge on any atom is -0.417 e. The Balaban J connectivity index is 2.36. The summed E-state index contributed by atoms with van der Waals surface area (Å²) in [7, 11) is 0. The molecule has 1 aromatic rings. The molecule has 78 valence electrons. The van der Waals surface area contributed by atoms with Crippen molar-refractivity contribution < 1.29 is 9.21 Å². The highest BCUT2D eigenvalue weighted by molar-refractivity contribution is 5.89. The first-order chi connectivity index (χ1) is 6.59. The van der Waals surface area contributed by atoms with E-state index >= 15 is 0 Å². The minimum absolute atomic E-state index is 0.0336. The zero-order chi connectivity index (χ0) is 10.6. The maximum absolute atomic E-state index is 11.3. The van der Waals surface area contributed by atoms with Gasteiger partial charge in [-0.3, -0.25) is 4.79 Å². The zero-order valence-electron chi connectivity index (χ0n) is 8.70. The van der Waals surface area contributed by atoms with Crippen LogP contribution in [0.2, 0.25) is 0 Å². The number of hydrogen-bond acceptors (Lipinski definition) is 4. The van der Waals surface area contributed by atoms with E-state index in [1.165, 1.54) is 0 Å². The predicted molar refractivity (Wildman–Crippen MR) is 50.8 cm³/mol. The Morgan fingerprint density at radius 2 is 2.21 bits per heavy atom. The van der Waals surface area contributed by atoms with Crippen LogP contribution in [-0.4, -0.2) is 22.6 Å². The maximum Gasteiger partial charge on any atom is 0.308 e. The number of aromatic nitrogens is 2. The van der Waals surface area contributed by atoms with Crippen LogP contribution in [0.3, 0.4) is 0 Å². The molecule has 0 spiro atoms. The molecule has 0 unspecified atom stereocenters. The Labute approximate surface area is 82.9 Å². The number of nitrogens with one attached hydrogen (secondary N) is 1. The van der Waals surface area contributed by atoms with Crippen molar-refractivity contribution in [3.63, 3.8) is 0 Å². The molecule has 1 amide bonds. The van der Waals surface area contributed by atoms with Crippen LogP contribution in [-0.2, 0) is 0 Å². The van der Waals surface area contributed by atoms with Crippen molar-refractivity contribution in [3.8, 4) is 0 Å². The first-order valence-corrected chi connectivity index (χ1v) is 4.68. The van der Waals surface area contributed by atoms with Crippen molar-refractivity contribution in [1.82, 2.24) is 15.5 Å². The molecule has 0 saturated heterocycles. The summed E-state index contributed by atoms with van der Waals surface area (Å²) in [5.41, 5.74) is 0. The van der Waals surface area contributed by atoms with Crippen molar-refractivity contribution >= 4 is 5.91 Å². The monoisotopic (exact) mass is 197 g/mol. The van der Waals surface area contributed by atoms with Gasteiger partial charge in [-0.05, 0) is 12.3 Å². The summed E-state index contributed by atoms with van der Waals surface area (Å²) in [5.74, 6) is 0.705. The van der Waals surface area contributed by atoms with Crippen LogP contribution in [0.4, 0.5) is 0 Å². The van der Waals surface area contributed by atoms with Crippen molar-refractivity contribution in [1.29, 1.82) is 0 Å². The van der Waals surface area contributed by atoms with Crippen LogP contribution in [0.5, 0.6) is 0 Å². The number of aryl methyl sites for hydroxylation is 1. The molecule has 0 fully saturated rings. The third-order valence-corrected chi connectivity index (χ3v) is 1.73. The van der Waals surface area contributed by atoms with Gasteiger partial charge in [0, 0.05) is 13.5 Å². The fourth-order valence-electron chi connectivity index (χ4n) is 0.938. The summed E-state index contributed by atoms with van der Waals surface area (Å²) in [6.45, 7) is 6.49. The van der Waals surface area contributed by atoms with Gasteiger partial charge in [0.25, 0.3) is 0 Å². The summed E-state index contributed by atoms with van der Waals surface area (Å²) < 4.78 is 4.97. The summed E-state index contributed by atoms with van der Waals surface area (Å²) >= 11 is 0. The second kappa shape index (κ2) is 4.74. The van der Waals surface area contributed by atoms with Crippen molar-refractivity contribution in [2.45, 2.75) is 27.2 Å². The SMILES string of the molecule is Cc1nnc(C(=O)NCCC(C)C)o1. The molecule has 5 nitrogen and oxygen atoms in total. The van der Waals surface area contributed by atoms with Crippen LogP contribution >= 0.6 is 0 Å². The Bertz CT molecular complexity index is 307. The molecule has 1 rings (SSSR count). The third-order valence-electron chi connectivity index (χ3n) is 1.73. The van der Waals surface area contributed by atoms with Crippen molar-refractivity contribution in [2.24, 2.45) is 5.92 Å². The van der Waals surface area contributed by atoms with Gasteiger partial charge in [0.2, 0.25) is 5.89 Å². The molecule has 0 atom stereocenters. The summed E-state index contributed by atoms with van der Waals surface area (Å²) in [4.78, 5) is 11.3. The number of amides is 1. The second-order valence-corrected chi connectivity index (χ2v) is 3.56. The van der Waals surface area contributed by atoms with E-state index in [9.17, 15) is 4.79 Å². The largest absolute Gasteiger partial charge is 0.417 e. The van der Waals surface area contributed by atoms with Gasteiger partial charge < -0.3 is 9.73 Å². The molecular weight excluding hydrogens is 182 g/mol. The molecular formula is C9H15N3O2. The molecule has 0 saturated carbocycles. The predicted octanol–water partition coefficient (Wildman–Crippen LogP) is 1.15. The highest BCUT2D eigenvalue weighted by Gasteiger charge is 2.11. The quantitative estimate of drug-likeness (QED) is 0.786. The molecule has 0 aliphatic carbocycles. The average Bonchev–Trinajstić information content (AvgIpc) is 2.51. The number of nitrogens with zero attached hydrogens (tertiary/aromatic N) is 2. The molecule has 14 heavy (non-hydrogen) atoms. The molecule has 5 heteroatoms. The smallest absolute Gasteiger partial charge is 0.308 e. The lowest BCUT2D eigenvalue weighted by molar-refractivity contribution is 0.0916. The van der Waals surface area contributed by atoms with Gasteiger partial charge in [-0.15, -0.1) is 10.2 Å².